The molecule has 4 heteroatoms. The van der Waals surface area contributed by atoms with Gasteiger partial charge in [-0.25, -0.2) is 0 Å². The maximum absolute atomic E-state index is 12.4. The van der Waals surface area contributed by atoms with Crippen LogP contribution >= 0.6 is 0 Å². The van der Waals surface area contributed by atoms with E-state index in [2.05, 4.69) is 23.4 Å². The minimum atomic E-state index is -0.0659. The molecule has 0 spiro atoms. The van der Waals surface area contributed by atoms with E-state index in [4.69, 9.17) is 0 Å². The molecule has 0 saturated carbocycles. The zero-order valence-electron chi connectivity index (χ0n) is 12.7. The number of hydrogen-bond donors (Lipinski definition) is 1. The molecule has 4 nitrogen and oxygen atoms in total. The van der Waals surface area contributed by atoms with Crippen LogP contribution in [0.4, 0.5) is 0 Å². The zero-order chi connectivity index (χ0) is 14.9. The molecule has 1 aromatic carbocycles. The van der Waals surface area contributed by atoms with Crippen LogP contribution in [0.1, 0.15) is 45.8 Å². The number of carbonyl (C=O) groups excluding carboxylic acids is 1. The molecule has 0 aliphatic carbocycles. The molecule has 1 N–H and O–H groups in total. The molecule has 2 aromatic rings. The summed E-state index contributed by atoms with van der Waals surface area (Å²) in [6, 6.07) is 8.07. The van der Waals surface area contributed by atoms with Gasteiger partial charge in [-0.2, -0.15) is 5.10 Å². The molecule has 1 heterocycles. The van der Waals surface area contributed by atoms with Crippen LogP contribution in [0.2, 0.25) is 0 Å². The van der Waals surface area contributed by atoms with Gasteiger partial charge < -0.3 is 5.32 Å². The normalized spacial score (nSPS) is 12.2. The number of amides is 1. The smallest absolute Gasteiger partial charge is 0.255 e. The van der Waals surface area contributed by atoms with E-state index in [-0.39, 0.29) is 11.9 Å². The molecule has 106 valence electrons. The Hall–Kier alpha value is -2.10. The van der Waals surface area contributed by atoms with E-state index in [1.54, 1.807) is 4.68 Å². The number of nitrogens with zero attached hydrogens (tertiary/aromatic N) is 2. The Morgan fingerprint density at radius 3 is 2.45 bits per heavy atom. The molecule has 0 radical (unpaired) electrons. The van der Waals surface area contributed by atoms with Crippen molar-refractivity contribution in [3.8, 4) is 0 Å². The Balaban J connectivity index is 2.22. The van der Waals surface area contributed by atoms with Crippen LogP contribution in [0.5, 0.6) is 0 Å². The van der Waals surface area contributed by atoms with Crippen molar-refractivity contribution in [1.29, 1.82) is 0 Å². The number of benzene rings is 1. The first kappa shape index (κ1) is 14.3. The van der Waals surface area contributed by atoms with Gasteiger partial charge >= 0.3 is 0 Å². The number of hydrogen-bond acceptors (Lipinski definition) is 2. The van der Waals surface area contributed by atoms with Crippen LogP contribution in [-0.4, -0.2) is 15.7 Å². The van der Waals surface area contributed by atoms with E-state index in [1.165, 1.54) is 5.56 Å². The Labute approximate surface area is 119 Å². The van der Waals surface area contributed by atoms with E-state index in [9.17, 15) is 4.79 Å². The van der Waals surface area contributed by atoms with Gasteiger partial charge in [-0.1, -0.05) is 24.3 Å². The Kier molecular flexibility index (Phi) is 3.93. The van der Waals surface area contributed by atoms with Crippen LogP contribution in [0.15, 0.2) is 24.3 Å². The van der Waals surface area contributed by atoms with Gasteiger partial charge in [0.2, 0.25) is 0 Å². The summed E-state index contributed by atoms with van der Waals surface area (Å²) >= 11 is 0. The fourth-order valence-electron chi connectivity index (χ4n) is 2.52. The van der Waals surface area contributed by atoms with Gasteiger partial charge in [0.25, 0.3) is 5.91 Å². The largest absolute Gasteiger partial charge is 0.345 e. The molecule has 0 aliphatic rings. The van der Waals surface area contributed by atoms with Gasteiger partial charge in [-0.3, -0.25) is 9.48 Å². The Bertz CT molecular complexity index is 643. The molecule has 20 heavy (non-hydrogen) atoms. The summed E-state index contributed by atoms with van der Waals surface area (Å²) in [4.78, 5) is 12.4. The maximum atomic E-state index is 12.4. The summed E-state index contributed by atoms with van der Waals surface area (Å²) in [6.07, 6.45) is 0. The SMILES string of the molecule is Cc1ccccc1C(C)NC(=O)c1c(C)nn(C)c1C. The van der Waals surface area contributed by atoms with E-state index < -0.39 is 0 Å². The average molecular weight is 271 g/mol. The number of carbonyl (C=O) groups is 1. The molecule has 1 amide bonds. The summed E-state index contributed by atoms with van der Waals surface area (Å²) in [7, 11) is 1.85. The van der Waals surface area contributed by atoms with Crippen LogP contribution in [0.25, 0.3) is 0 Å². The second-order valence-corrected chi connectivity index (χ2v) is 5.22. The molecular weight excluding hydrogens is 250 g/mol. The van der Waals surface area contributed by atoms with Crippen molar-refractivity contribution >= 4 is 5.91 Å². The topological polar surface area (TPSA) is 46.9 Å². The number of nitrogens with one attached hydrogen (secondary N) is 1. The number of aromatic nitrogens is 2. The third-order valence-corrected chi connectivity index (χ3v) is 3.74. The summed E-state index contributed by atoms with van der Waals surface area (Å²) < 4.78 is 1.74. The lowest BCUT2D eigenvalue weighted by molar-refractivity contribution is 0.0938. The number of aryl methyl sites for hydroxylation is 3. The third-order valence-electron chi connectivity index (χ3n) is 3.74. The van der Waals surface area contributed by atoms with Crippen molar-refractivity contribution in [2.24, 2.45) is 7.05 Å². The fraction of sp³-hybridized carbons (Fsp3) is 0.375. The standard InChI is InChI=1S/C16H21N3O/c1-10-8-6-7-9-14(10)11(2)17-16(20)15-12(3)18-19(5)13(15)4/h6-9,11H,1-5H3,(H,17,20). The average Bonchev–Trinajstić information content (AvgIpc) is 2.63. The van der Waals surface area contributed by atoms with Crippen molar-refractivity contribution < 1.29 is 4.79 Å². The zero-order valence-corrected chi connectivity index (χ0v) is 12.7. The van der Waals surface area contributed by atoms with Gasteiger partial charge in [0.05, 0.1) is 17.3 Å². The maximum Gasteiger partial charge on any atom is 0.255 e. The van der Waals surface area contributed by atoms with E-state index in [0.29, 0.717) is 5.56 Å². The van der Waals surface area contributed by atoms with Crippen LogP contribution in [-0.2, 0) is 7.05 Å². The molecule has 1 aromatic heterocycles. The van der Waals surface area contributed by atoms with Crippen LogP contribution < -0.4 is 5.32 Å². The van der Waals surface area contributed by atoms with Crippen LogP contribution in [0, 0.1) is 20.8 Å². The summed E-state index contributed by atoms with van der Waals surface area (Å²) in [6.45, 7) is 7.83. The monoisotopic (exact) mass is 271 g/mol. The summed E-state index contributed by atoms with van der Waals surface area (Å²) in [5.41, 5.74) is 4.64. The van der Waals surface area contributed by atoms with Gasteiger partial charge in [0.1, 0.15) is 0 Å². The van der Waals surface area contributed by atoms with Gasteiger partial charge in [-0.15, -0.1) is 0 Å². The molecular formula is C16H21N3O. The highest BCUT2D eigenvalue weighted by molar-refractivity contribution is 5.96. The Morgan fingerprint density at radius 1 is 1.25 bits per heavy atom. The predicted molar refractivity (Wildman–Crippen MR) is 79.7 cm³/mol. The van der Waals surface area contributed by atoms with E-state index in [1.807, 2.05) is 46.0 Å². The number of rotatable bonds is 3. The minimum absolute atomic E-state index is 0.0253. The predicted octanol–water partition coefficient (Wildman–Crippen LogP) is 2.84. The lowest BCUT2D eigenvalue weighted by Gasteiger charge is -2.16. The lowest BCUT2D eigenvalue weighted by Crippen LogP contribution is -2.28. The molecule has 1 unspecified atom stereocenters. The third kappa shape index (κ3) is 2.59. The molecule has 2 rings (SSSR count). The molecule has 0 bridgehead atoms. The quantitative estimate of drug-likeness (QED) is 0.933. The molecule has 0 aliphatic heterocycles. The Morgan fingerprint density at radius 2 is 1.90 bits per heavy atom. The molecule has 1 atom stereocenters. The van der Waals surface area contributed by atoms with E-state index >= 15 is 0 Å². The van der Waals surface area contributed by atoms with Crippen molar-refractivity contribution in [3.63, 3.8) is 0 Å². The highest BCUT2D eigenvalue weighted by atomic mass is 16.1. The highest BCUT2D eigenvalue weighted by Gasteiger charge is 2.19. The van der Waals surface area contributed by atoms with Gasteiger partial charge in [0, 0.05) is 12.7 Å². The first-order valence-corrected chi connectivity index (χ1v) is 6.78. The lowest BCUT2D eigenvalue weighted by atomic mass is 10.0. The van der Waals surface area contributed by atoms with Crippen LogP contribution in [0.3, 0.4) is 0 Å². The van der Waals surface area contributed by atoms with Crippen molar-refractivity contribution in [2.75, 3.05) is 0 Å². The summed E-state index contributed by atoms with van der Waals surface area (Å²) in [5, 5.41) is 7.34. The van der Waals surface area contributed by atoms with Gasteiger partial charge in [0.15, 0.2) is 0 Å². The fourth-order valence-corrected chi connectivity index (χ4v) is 2.52. The van der Waals surface area contributed by atoms with Crippen molar-refractivity contribution in [3.05, 3.63) is 52.3 Å². The van der Waals surface area contributed by atoms with E-state index in [0.717, 1.165) is 17.0 Å². The second-order valence-electron chi connectivity index (χ2n) is 5.22. The highest BCUT2D eigenvalue weighted by Crippen LogP contribution is 2.18. The van der Waals surface area contributed by atoms with Crippen molar-refractivity contribution in [1.82, 2.24) is 15.1 Å². The minimum Gasteiger partial charge on any atom is -0.345 e. The molecule has 0 saturated heterocycles. The van der Waals surface area contributed by atoms with Crippen molar-refractivity contribution in [2.45, 2.75) is 33.7 Å². The first-order chi connectivity index (χ1) is 9.41. The molecule has 0 fully saturated rings. The van der Waals surface area contributed by atoms with Gasteiger partial charge in [-0.05, 0) is 38.8 Å². The summed E-state index contributed by atoms with van der Waals surface area (Å²) in [5.74, 6) is -0.0659. The second kappa shape index (κ2) is 5.49. The first-order valence-electron chi connectivity index (χ1n) is 6.78.